The topological polar surface area (TPSA) is 57.2 Å². The fourth-order valence-electron chi connectivity index (χ4n) is 3.35. The summed E-state index contributed by atoms with van der Waals surface area (Å²) < 4.78 is 42.4. The van der Waals surface area contributed by atoms with E-state index in [1.807, 2.05) is 17.1 Å². The zero-order valence-electron chi connectivity index (χ0n) is 13.7. The standard InChI is InChI=1S/C17H16F3N5S/c1-9-22-16-2-3-17(23-25(16)26-9)24-5-4-10(15(21)8-24)11-6-13(19)14(20)7-12(11)18/h2-3,6-7,10,15H,1,4-5,8,21H2/t10?,15-/m0/s1. The monoisotopic (exact) mass is 379 g/mol. The lowest BCUT2D eigenvalue weighted by Crippen LogP contribution is -2.50. The molecule has 1 saturated heterocycles. The van der Waals surface area contributed by atoms with Crippen molar-refractivity contribution in [3.05, 3.63) is 58.9 Å². The molecule has 26 heavy (non-hydrogen) atoms. The molecule has 0 radical (unpaired) electrons. The Morgan fingerprint density at radius 1 is 1.12 bits per heavy atom. The Bertz CT molecular complexity index is 866. The summed E-state index contributed by atoms with van der Waals surface area (Å²) >= 11 is 1.33. The molecule has 0 aromatic heterocycles. The van der Waals surface area contributed by atoms with Gasteiger partial charge in [0.05, 0.1) is 0 Å². The normalized spacial score (nSPS) is 25.3. The fraction of sp³-hybridized carbons (Fsp3) is 0.294. The van der Waals surface area contributed by atoms with Gasteiger partial charge in [0, 0.05) is 43.1 Å². The first kappa shape index (κ1) is 17.2. The second kappa shape index (κ2) is 6.48. The van der Waals surface area contributed by atoms with E-state index in [0.717, 1.165) is 11.9 Å². The van der Waals surface area contributed by atoms with Gasteiger partial charge < -0.3 is 10.6 Å². The van der Waals surface area contributed by atoms with E-state index in [1.54, 1.807) is 4.41 Å². The largest absolute Gasteiger partial charge is 0.354 e. The highest BCUT2D eigenvalue weighted by Crippen LogP contribution is 2.33. The van der Waals surface area contributed by atoms with Gasteiger partial charge in [-0.05, 0) is 30.2 Å². The van der Waals surface area contributed by atoms with Crippen molar-refractivity contribution in [1.29, 1.82) is 0 Å². The molecule has 5 nitrogen and oxygen atoms in total. The second-order valence-corrected chi connectivity index (χ2v) is 7.31. The molecule has 0 amide bonds. The molecule has 1 fully saturated rings. The van der Waals surface area contributed by atoms with Crippen LogP contribution in [0.4, 0.5) is 13.2 Å². The molecule has 3 heterocycles. The number of benzene rings is 1. The Morgan fingerprint density at radius 3 is 2.62 bits per heavy atom. The molecular weight excluding hydrogens is 363 g/mol. The van der Waals surface area contributed by atoms with Crippen LogP contribution in [0.1, 0.15) is 17.9 Å². The van der Waals surface area contributed by atoms with E-state index in [0.29, 0.717) is 36.4 Å². The number of hydrogen-bond acceptors (Lipinski definition) is 6. The molecule has 2 N–H and O–H groups in total. The van der Waals surface area contributed by atoms with Crippen LogP contribution in [-0.4, -0.2) is 40.1 Å². The number of nitrogens with zero attached hydrogens (tertiary/aromatic N) is 4. The van der Waals surface area contributed by atoms with E-state index >= 15 is 0 Å². The molecular formula is C17H16F3N5S. The minimum Gasteiger partial charge on any atom is -0.354 e. The first-order valence-electron chi connectivity index (χ1n) is 8.09. The third kappa shape index (κ3) is 3.01. The number of piperidine rings is 1. The molecule has 3 aliphatic heterocycles. The Balaban J connectivity index is 1.50. The lowest BCUT2D eigenvalue weighted by atomic mass is 9.85. The van der Waals surface area contributed by atoms with Gasteiger partial charge in [-0.2, -0.15) is 4.41 Å². The summed E-state index contributed by atoms with van der Waals surface area (Å²) in [5.74, 6) is -1.96. The van der Waals surface area contributed by atoms with Gasteiger partial charge >= 0.3 is 0 Å². The van der Waals surface area contributed by atoms with Crippen LogP contribution < -0.4 is 5.73 Å². The van der Waals surface area contributed by atoms with Crippen molar-refractivity contribution >= 4 is 23.6 Å². The van der Waals surface area contributed by atoms with Crippen molar-refractivity contribution < 1.29 is 13.2 Å². The molecule has 0 bridgehead atoms. The maximum Gasteiger partial charge on any atom is 0.162 e. The smallest absolute Gasteiger partial charge is 0.162 e. The minimum atomic E-state index is -1.19. The van der Waals surface area contributed by atoms with Gasteiger partial charge in [0.25, 0.3) is 0 Å². The number of halogens is 3. The zero-order chi connectivity index (χ0) is 18.4. The number of hydrogen-bond donors (Lipinski definition) is 1. The quantitative estimate of drug-likeness (QED) is 0.602. The minimum absolute atomic E-state index is 0.123. The van der Waals surface area contributed by atoms with Crippen LogP contribution in [0.25, 0.3) is 0 Å². The van der Waals surface area contributed by atoms with Crippen LogP contribution in [-0.2, 0) is 0 Å². The van der Waals surface area contributed by atoms with Gasteiger partial charge in [0.1, 0.15) is 16.7 Å². The van der Waals surface area contributed by atoms with Crippen LogP contribution in [0.5, 0.6) is 0 Å². The van der Waals surface area contributed by atoms with Gasteiger partial charge in [0.15, 0.2) is 17.5 Å². The average molecular weight is 379 g/mol. The number of rotatable bonds is 1. The van der Waals surface area contributed by atoms with Crippen molar-refractivity contribution in [3.63, 3.8) is 0 Å². The summed E-state index contributed by atoms with van der Waals surface area (Å²) in [6, 6.07) is 1.06. The lowest BCUT2D eigenvalue weighted by Gasteiger charge is -2.38. The maximum absolute atomic E-state index is 14.1. The number of amidine groups is 2. The molecule has 1 aromatic rings. The molecule has 0 spiro atoms. The summed E-state index contributed by atoms with van der Waals surface area (Å²) in [7, 11) is 0. The number of hydrazone groups is 1. The molecule has 9 heteroatoms. The predicted octanol–water partition coefficient (Wildman–Crippen LogP) is 2.94. The van der Waals surface area contributed by atoms with Crippen LogP contribution in [0.3, 0.4) is 0 Å². The van der Waals surface area contributed by atoms with Crippen molar-refractivity contribution in [3.8, 4) is 0 Å². The van der Waals surface area contributed by atoms with Crippen molar-refractivity contribution in [2.45, 2.75) is 18.4 Å². The molecule has 4 rings (SSSR count). The van der Waals surface area contributed by atoms with Crippen LogP contribution in [0.15, 0.2) is 46.0 Å². The Morgan fingerprint density at radius 2 is 1.85 bits per heavy atom. The number of likely N-dealkylation sites (tertiary alicyclic amines) is 1. The Hall–Kier alpha value is -2.26. The molecule has 136 valence electrons. The number of aliphatic imine (C=N–C) groups is 1. The van der Waals surface area contributed by atoms with Crippen molar-refractivity contribution in [2.75, 3.05) is 13.1 Å². The summed E-state index contributed by atoms with van der Waals surface area (Å²) in [5.41, 5.74) is 6.36. The van der Waals surface area contributed by atoms with Gasteiger partial charge in [0.2, 0.25) is 0 Å². The predicted molar refractivity (Wildman–Crippen MR) is 95.8 cm³/mol. The summed E-state index contributed by atoms with van der Waals surface area (Å²) in [5, 5.41) is 5.18. The van der Waals surface area contributed by atoms with Gasteiger partial charge in [-0.1, -0.05) is 6.58 Å². The lowest BCUT2D eigenvalue weighted by molar-refractivity contribution is 0.273. The highest BCUT2D eigenvalue weighted by molar-refractivity contribution is 8.01. The van der Waals surface area contributed by atoms with Crippen molar-refractivity contribution in [2.24, 2.45) is 15.8 Å². The summed E-state index contributed by atoms with van der Waals surface area (Å²) in [6.45, 7) is 4.80. The SMILES string of the molecule is C=C1N=C2C=CC(N3CCC(c4cc(F)c(F)cc4F)[C@@H](N)C3)=NN2S1. The molecule has 0 saturated carbocycles. The highest BCUT2D eigenvalue weighted by Gasteiger charge is 2.33. The first-order chi connectivity index (χ1) is 12.4. The van der Waals surface area contributed by atoms with E-state index in [9.17, 15) is 13.2 Å². The third-order valence-corrected chi connectivity index (χ3v) is 5.37. The molecule has 0 aliphatic carbocycles. The number of fused-ring (bicyclic) bond motifs is 1. The third-order valence-electron chi connectivity index (χ3n) is 4.62. The van der Waals surface area contributed by atoms with Crippen LogP contribution in [0.2, 0.25) is 0 Å². The van der Waals surface area contributed by atoms with Crippen LogP contribution >= 0.6 is 11.9 Å². The average Bonchev–Trinajstić information content (AvgIpc) is 2.97. The van der Waals surface area contributed by atoms with E-state index < -0.39 is 23.5 Å². The fourth-order valence-corrected chi connectivity index (χ4v) is 4.01. The summed E-state index contributed by atoms with van der Waals surface area (Å²) in [4.78, 5) is 6.24. The van der Waals surface area contributed by atoms with Gasteiger partial charge in [-0.25, -0.2) is 18.2 Å². The second-order valence-electron chi connectivity index (χ2n) is 6.31. The molecule has 2 atom stereocenters. The molecule has 1 aromatic carbocycles. The highest BCUT2D eigenvalue weighted by atomic mass is 32.2. The zero-order valence-corrected chi connectivity index (χ0v) is 14.5. The molecule has 3 aliphatic rings. The first-order valence-corrected chi connectivity index (χ1v) is 8.87. The molecule has 1 unspecified atom stereocenters. The van der Waals surface area contributed by atoms with Crippen molar-refractivity contribution in [1.82, 2.24) is 9.31 Å². The summed E-state index contributed by atoms with van der Waals surface area (Å²) in [6.07, 6.45) is 4.21. The maximum atomic E-state index is 14.1. The van der Waals surface area contributed by atoms with E-state index in [1.165, 1.54) is 11.9 Å². The van der Waals surface area contributed by atoms with E-state index in [2.05, 4.69) is 16.7 Å². The van der Waals surface area contributed by atoms with E-state index in [-0.39, 0.29) is 11.5 Å². The van der Waals surface area contributed by atoms with Gasteiger partial charge in [-0.3, -0.25) is 0 Å². The Labute approximate surface area is 152 Å². The number of nitrogens with two attached hydrogens (primary N) is 1. The van der Waals surface area contributed by atoms with E-state index in [4.69, 9.17) is 5.73 Å². The Kier molecular flexibility index (Phi) is 4.28. The van der Waals surface area contributed by atoms with Crippen LogP contribution in [0, 0.1) is 17.5 Å². The van der Waals surface area contributed by atoms with Gasteiger partial charge in [-0.15, -0.1) is 5.10 Å².